The number of carbonyl (C=O) groups excluding carboxylic acids is 1. The van der Waals surface area contributed by atoms with Gasteiger partial charge < -0.3 is 14.9 Å². The molecule has 1 aromatic carbocycles. The third-order valence-corrected chi connectivity index (χ3v) is 2.78. The summed E-state index contributed by atoms with van der Waals surface area (Å²) in [5.74, 6) is -1.04. The molecule has 0 aliphatic rings. The molecule has 0 spiro atoms. The maximum atomic E-state index is 12.1. The van der Waals surface area contributed by atoms with Crippen LogP contribution in [0.2, 0.25) is 0 Å². The van der Waals surface area contributed by atoms with Crippen molar-refractivity contribution in [3.8, 4) is 6.07 Å². The van der Waals surface area contributed by atoms with Gasteiger partial charge in [0.25, 0.3) is 0 Å². The van der Waals surface area contributed by atoms with Crippen LogP contribution in [-0.2, 0) is 11.3 Å². The zero-order chi connectivity index (χ0) is 15.1. The molecule has 0 bridgehead atoms. The van der Waals surface area contributed by atoms with Crippen LogP contribution in [0.1, 0.15) is 18.1 Å². The first kappa shape index (κ1) is 15.5. The number of nitriles is 1. The minimum absolute atomic E-state index is 0.322. The number of likely N-dealkylation sites (N-methyl/N-ethyl adjacent to an activating group) is 1. The van der Waals surface area contributed by atoms with E-state index in [0.29, 0.717) is 18.7 Å². The van der Waals surface area contributed by atoms with Gasteiger partial charge in [0.05, 0.1) is 11.6 Å². The standard InChI is InChI=1S/C14H17N3O3/c1-3-17(10-13(18)19)14(20)16(2)9-12-6-4-5-11(7-12)8-15/h4-7H,3,9-10H2,1-2H3,(H,18,19). The summed E-state index contributed by atoms with van der Waals surface area (Å²) in [6.45, 7) is 2.06. The highest BCUT2D eigenvalue weighted by Gasteiger charge is 2.18. The van der Waals surface area contributed by atoms with Gasteiger partial charge in [-0.2, -0.15) is 5.26 Å². The lowest BCUT2D eigenvalue weighted by Crippen LogP contribution is -2.43. The summed E-state index contributed by atoms with van der Waals surface area (Å²) >= 11 is 0. The number of urea groups is 1. The fourth-order valence-corrected chi connectivity index (χ4v) is 1.80. The molecule has 0 unspecified atom stereocenters. The van der Waals surface area contributed by atoms with Crippen molar-refractivity contribution in [1.82, 2.24) is 9.80 Å². The van der Waals surface area contributed by atoms with E-state index < -0.39 is 5.97 Å². The van der Waals surface area contributed by atoms with Crippen LogP contribution in [-0.4, -0.2) is 47.0 Å². The van der Waals surface area contributed by atoms with E-state index in [1.54, 1.807) is 32.2 Å². The Balaban J connectivity index is 2.73. The maximum absolute atomic E-state index is 12.1. The molecule has 0 atom stereocenters. The van der Waals surface area contributed by atoms with Gasteiger partial charge >= 0.3 is 12.0 Å². The highest BCUT2D eigenvalue weighted by molar-refractivity contribution is 5.80. The van der Waals surface area contributed by atoms with Gasteiger partial charge in [-0.1, -0.05) is 12.1 Å². The Morgan fingerprint density at radius 3 is 2.65 bits per heavy atom. The number of rotatable bonds is 5. The lowest BCUT2D eigenvalue weighted by Gasteiger charge is -2.26. The van der Waals surface area contributed by atoms with Crippen molar-refractivity contribution >= 4 is 12.0 Å². The minimum Gasteiger partial charge on any atom is -0.480 e. The number of hydrogen-bond donors (Lipinski definition) is 1. The summed E-state index contributed by atoms with van der Waals surface area (Å²) in [5, 5.41) is 17.6. The van der Waals surface area contributed by atoms with Crippen LogP contribution in [0.5, 0.6) is 0 Å². The number of aliphatic carboxylic acids is 1. The molecule has 0 aliphatic heterocycles. The van der Waals surface area contributed by atoms with Crippen molar-refractivity contribution in [2.75, 3.05) is 20.1 Å². The molecule has 1 N–H and O–H groups in total. The van der Waals surface area contributed by atoms with Crippen LogP contribution in [0.15, 0.2) is 24.3 Å². The Morgan fingerprint density at radius 1 is 1.40 bits per heavy atom. The Morgan fingerprint density at radius 2 is 2.10 bits per heavy atom. The second kappa shape index (κ2) is 7.14. The number of amides is 2. The number of hydrogen-bond acceptors (Lipinski definition) is 3. The molecule has 6 heteroatoms. The van der Waals surface area contributed by atoms with Crippen LogP contribution >= 0.6 is 0 Å². The molecule has 0 aliphatic carbocycles. The molecular formula is C14H17N3O3. The first-order valence-electron chi connectivity index (χ1n) is 6.18. The van der Waals surface area contributed by atoms with Gasteiger partial charge in [0.1, 0.15) is 6.54 Å². The zero-order valence-corrected chi connectivity index (χ0v) is 11.5. The highest BCUT2D eigenvalue weighted by Crippen LogP contribution is 2.08. The molecule has 20 heavy (non-hydrogen) atoms. The molecule has 0 radical (unpaired) electrons. The molecule has 1 aromatic rings. The van der Waals surface area contributed by atoms with Gasteiger partial charge in [0, 0.05) is 20.1 Å². The van der Waals surface area contributed by atoms with Gasteiger partial charge in [0.2, 0.25) is 0 Å². The highest BCUT2D eigenvalue weighted by atomic mass is 16.4. The van der Waals surface area contributed by atoms with E-state index >= 15 is 0 Å². The summed E-state index contributed by atoms with van der Waals surface area (Å²) in [4.78, 5) is 25.5. The quantitative estimate of drug-likeness (QED) is 0.882. The second-order valence-corrected chi connectivity index (χ2v) is 4.36. The molecule has 1 rings (SSSR count). The predicted molar refractivity (Wildman–Crippen MR) is 72.9 cm³/mol. The lowest BCUT2D eigenvalue weighted by molar-refractivity contribution is -0.137. The molecule has 2 amide bonds. The topological polar surface area (TPSA) is 84.6 Å². The van der Waals surface area contributed by atoms with Crippen molar-refractivity contribution in [3.05, 3.63) is 35.4 Å². The molecule has 6 nitrogen and oxygen atoms in total. The van der Waals surface area contributed by atoms with Crippen LogP contribution < -0.4 is 0 Å². The van der Waals surface area contributed by atoms with Crippen LogP contribution in [0.25, 0.3) is 0 Å². The molecule has 0 saturated heterocycles. The Bertz CT molecular complexity index is 537. The van der Waals surface area contributed by atoms with Crippen molar-refractivity contribution < 1.29 is 14.7 Å². The van der Waals surface area contributed by atoms with Gasteiger partial charge in [-0.05, 0) is 24.6 Å². The molecule has 0 saturated carbocycles. The SMILES string of the molecule is CCN(CC(=O)O)C(=O)N(C)Cc1cccc(C#N)c1. The monoisotopic (exact) mass is 275 g/mol. The van der Waals surface area contributed by atoms with Crippen molar-refractivity contribution in [2.24, 2.45) is 0 Å². The molecule has 106 valence electrons. The van der Waals surface area contributed by atoms with Gasteiger partial charge in [-0.3, -0.25) is 4.79 Å². The normalized spacial score (nSPS) is 9.65. The fraction of sp³-hybridized carbons (Fsp3) is 0.357. The van der Waals surface area contributed by atoms with Gasteiger partial charge in [0.15, 0.2) is 0 Å². The smallest absolute Gasteiger partial charge is 0.323 e. The Kier molecular flexibility index (Phi) is 5.54. The van der Waals surface area contributed by atoms with Crippen LogP contribution in [0, 0.1) is 11.3 Å². The zero-order valence-electron chi connectivity index (χ0n) is 11.5. The average molecular weight is 275 g/mol. The average Bonchev–Trinajstić information content (AvgIpc) is 2.43. The third-order valence-electron chi connectivity index (χ3n) is 2.78. The second-order valence-electron chi connectivity index (χ2n) is 4.36. The van der Waals surface area contributed by atoms with E-state index in [-0.39, 0.29) is 12.6 Å². The lowest BCUT2D eigenvalue weighted by atomic mass is 10.1. The van der Waals surface area contributed by atoms with E-state index in [1.165, 1.54) is 9.80 Å². The van der Waals surface area contributed by atoms with E-state index in [0.717, 1.165) is 5.56 Å². The molecule has 0 aromatic heterocycles. The predicted octanol–water partition coefficient (Wildman–Crippen LogP) is 1.52. The summed E-state index contributed by atoms with van der Waals surface area (Å²) < 4.78 is 0. The van der Waals surface area contributed by atoms with E-state index in [1.807, 2.05) is 12.1 Å². The third kappa shape index (κ3) is 4.28. The summed E-state index contributed by atoms with van der Waals surface area (Å²) in [6.07, 6.45) is 0. The van der Waals surface area contributed by atoms with Crippen LogP contribution in [0.4, 0.5) is 4.79 Å². The first-order valence-corrected chi connectivity index (χ1v) is 6.18. The number of carboxylic acid groups (broad SMARTS) is 1. The van der Waals surface area contributed by atoms with E-state index in [2.05, 4.69) is 0 Å². The van der Waals surface area contributed by atoms with E-state index in [4.69, 9.17) is 10.4 Å². The summed E-state index contributed by atoms with van der Waals surface area (Å²) in [6, 6.07) is 8.65. The van der Waals surface area contributed by atoms with Crippen molar-refractivity contribution in [3.63, 3.8) is 0 Å². The maximum Gasteiger partial charge on any atom is 0.323 e. The van der Waals surface area contributed by atoms with Crippen molar-refractivity contribution in [1.29, 1.82) is 5.26 Å². The minimum atomic E-state index is -1.04. The Labute approximate surface area is 117 Å². The first-order chi connectivity index (χ1) is 9.47. The van der Waals surface area contributed by atoms with Crippen molar-refractivity contribution in [2.45, 2.75) is 13.5 Å². The summed E-state index contributed by atoms with van der Waals surface area (Å²) in [5.41, 5.74) is 1.35. The number of carboxylic acids is 1. The molecular weight excluding hydrogens is 258 g/mol. The van der Waals surface area contributed by atoms with Gasteiger partial charge in [-0.25, -0.2) is 4.79 Å². The molecule has 0 heterocycles. The summed E-state index contributed by atoms with van der Waals surface area (Å²) in [7, 11) is 1.60. The number of carbonyl (C=O) groups is 2. The van der Waals surface area contributed by atoms with Gasteiger partial charge in [-0.15, -0.1) is 0 Å². The van der Waals surface area contributed by atoms with E-state index in [9.17, 15) is 9.59 Å². The fourth-order valence-electron chi connectivity index (χ4n) is 1.80. The molecule has 0 fully saturated rings. The number of benzene rings is 1. The largest absolute Gasteiger partial charge is 0.480 e. The number of nitrogens with zero attached hydrogens (tertiary/aromatic N) is 3. The Hall–Kier alpha value is -2.55. The van der Waals surface area contributed by atoms with Crippen LogP contribution in [0.3, 0.4) is 0 Å².